The van der Waals surface area contributed by atoms with E-state index in [-0.39, 0.29) is 36.9 Å². The van der Waals surface area contributed by atoms with Crippen LogP contribution in [0.25, 0.3) is 0 Å². The molecule has 0 bridgehead atoms. The fourth-order valence-corrected chi connectivity index (χ4v) is 3.35. The van der Waals surface area contributed by atoms with Gasteiger partial charge >= 0.3 is 0 Å². The highest BCUT2D eigenvalue weighted by atomic mass is 35.5. The molecule has 0 aromatic heterocycles. The van der Waals surface area contributed by atoms with Crippen LogP contribution in [0.2, 0.25) is 0 Å². The molecule has 2 aromatic rings. The lowest BCUT2D eigenvalue weighted by atomic mass is 9.86. The highest BCUT2D eigenvalue weighted by molar-refractivity contribution is 5.85. The van der Waals surface area contributed by atoms with Crippen LogP contribution in [-0.4, -0.2) is 38.3 Å². The van der Waals surface area contributed by atoms with Gasteiger partial charge in [-0.05, 0) is 61.9 Å². The summed E-state index contributed by atoms with van der Waals surface area (Å²) >= 11 is 0. The minimum absolute atomic E-state index is 0. The predicted octanol–water partition coefficient (Wildman–Crippen LogP) is 3.43. The molecule has 2 unspecified atom stereocenters. The molecule has 1 aliphatic rings. The van der Waals surface area contributed by atoms with Crippen LogP contribution >= 0.6 is 12.4 Å². The van der Waals surface area contributed by atoms with Crippen LogP contribution in [0.3, 0.4) is 0 Å². The second-order valence-electron chi connectivity index (χ2n) is 6.64. The van der Waals surface area contributed by atoms with Gasteiger partial charge in [0.15, 0.2) is 18.2 Å². The maximum atomic E-state index is 13.6. The van der Waals surface area contributed by atoms with Crippen molar-refractivity contribution in [3.05, 3.63) is 59.7 Å². The lowest BCUT2D eigenvalue weighted by molar-refractivity contribution is -0.124. The van der Waals surface area contributed by atoms with Crippen LogP contribution in [0.1, 0.15) is 24.8 Å². The predicted molar refractivity (Wildman–Crippen MR) is 109 cm³/mol. The third-order valence-electron chi connectivity index (χ3n) is 4.70. The van der Waals surface area contributed by atoms with E-state index >= 15 is 0 Å². The summed E-state index contributed by atoms with van der Waals surface area (Å²) < 4.78 is 37.7. The van der Waals surface area contributed by atoms with Gasteiger partial charge in [-0.2, -0.15) is 0 Å². The van der Waals surface area contributed by atoms with Crippen LogP contribution in [0.5, 0.6) is 11.5 Å². The third kappa shape index (κ3) is 6.30. The molecule has 1 amide bonds. The molecule has 0 radical (unpaired) electrons. The number of carbonyl (C=O) groups excluding carboxylic acids is 1. The number of rotatable bonds is 7. The van der Waals surface area contributed by atoms with Crippen LogP contribution < -0.4 is 20.1 Å². The van der Waals surface area contributed by atoms with Gasteiger partial charge in [0.2, 0.25) is 0 Å². The minimum Gasteiger partial charge on any atom is -0.494 e. The van der Waals surface area contributed by atoms with E-state index in [1.165, 1.54) is 6.07 Å². The summed E-state index contributed by atoms with van der Waals surface area (Å²) in [7, 11) is 0. The molecular formula is C21H25ClF2N2O3. The molecule has 29 heavy (non-hydrogen) atoms. The number of hydrogen-bond donors (Lipinski definition) is 2. The summed E-state index contributed by atoms with van der Waals surface area (Å²) in [6.07, 6.45) is 0.718. The molecule has 0 saturated carbocycles. The first-order valence-corrected chi connectivity index (χ1v) is 9.37. The minimum atomic E-state index is -0.875. The molecule has 8 heteroatoms. The zero-order chi connectivity index (χ0) is 19.9. The molecule has 0 spiro atoms. The van der Waals surface area contributed by atoms with Gasteiger partial charge in [-0.1, -0.05) is 6.07 Å². The van der Waals surface area contributed by atoms with Crippen molar-refractivity contribution in [2.45, 2.75) is 25.3 Å². The first-order valence-electron chi connectivity index (χ1n) is 9.37. The zero-order valence-electron chi connectivity index (χ0n) is 16.1. The van der Waals surface area contributed by atoms with E-state index in [4.69, 9.17) is 9.47 Å². The molecule has 5 nitrogen and oxygen atoms in total. The van der Waals surface area contributed by atoms with Crippen LogP contribution in [0.4, 0.5) is 8.78 Å². The fraction of sp³-hybridized carbons (Fsp3) is 0.381. The standard InChI is InChI=1S/C21H24F2N2O3.ClH/c1-2-27-15-4-6-16(7-5-15)28-13-21(26)25-20-12-24-10-9-17(20)14-3-8-18(22)19(23)11-14;/h3-8,11,17,20,24H,2,9-10,12-13H2,1H3,(H,25,26);1H. The number of piperidine rings is 1. The Balaban J connectivity index is 0.00000300. The zero-order valence-corrected chi connectivity index (χ0v) is 16.9. The number of hydrogen-bond acceptors (Lipinski definition) is 4. The highest BCUT2D eigenvalue weighted by Crippen LogP contribution is 2.27. The van der Waals surface area contributed by atoms with Gasteiger partial charge in [0, 0.05) is 18.5 Å². The molecular weight excluding hydrogens is 402 g/mol. The molecule has 0 aliphatic carbocycles. The Morgan fingerprint density at radius 3 is 2.45 bits per heavy atom. The largest absolute Gasteiger partial charge is 0.494 e. The monoisotopic (exact) mass is 426 g/mol. The van der Waals surface area contributed by atoms with Gasteiger partial charge < -0.3 is 20.1 Å². The van der Waals surface area contributed by atoms with E-state index in [1.807, 2.05) is 6.92 Å². The number of carbonyl (C=O) groups is 1. The average Bonchev–Trinajstić information content (AvgIpc) is 2.70. The smallest absolute Gasteiger partial charge is 0.258 e. The van der Waals surface area contributed by atoms with Gasteiger partial charge in [-0.25, -0.2) is 8.78 Å². The van der Waals surface area contributed by atoms with E-state index < -0.39 is 11.6 Å². The van der Waals surface area contributed by atoms with E-state index in [2.05, 4.69) is 10.6 Å². The topological polar surface area (TPSA) is 59.6 Å². The maximum Gasteiger partial charge on any atom is 0.258 e. The van der Waals surface area contributed by atoms with Crippen molar-refractivity contribution >= 4 is 18.3 Å². The number of benzene rings is 2. The Morgan fingerprint density at radius 1 is 1.10 bits per heavy atom. The highest BCUT2D eigenvalue weighted by Gasteiger charge is 2.28. The van der Waals surface area contributed by atoms with Crippen molar-refractivity contribution < 1.29 is 23.0 Å². The van der Waals surface area contributed by atoms with Gasteiger partial charge in [0.1, 0.15) is 11.5 Å². The van der Waals surface area contributed by atoms with E-state index in [1.54, 1.807) is 30.3 Å². The Labute approximate surface area is 175 Å². The summed E-state index contributed by atoms with van der Waals surface area (Å²) in [5.41, 5.74) is 0.679. The molecule has 2 atom stereocenters. The van der Waals surface area contributed by atoms with Crippen LogP contribution in [-0.2, 0) is 4.79 Å². The second kappa shape index (κ2) is 11.0. The first kappa shape index (κ1) is 22.9. The van der Waals surface area contributed by atoms with Gasteiger partial charge in [-0.3, -0.25) is 4.79 Å². The normalized spacial score (nSPS) is 18.4. The Hall–Kier alpha value is -2.38. The van der Waals surface area contributed by atoms with Gasteiger partial charge in [0.05, 0.1) is 6.61 Å². The van der Waals surface area contributed by atoms with E-state index in [0.717, 1.165) is 24.8 Å². The number of nitrogens with one attached hydrogen (secondary N) is 2. The van der Waals surface area contributed by atoms with Crippen LogP contribution in [0, 0.1) is 11.6 Å². The summed E-state index contributed by atoms with van der Waals surface area (Å²) in [5.74, 6) is -0.803. The summed E-state index contributed by atoms with van der Waals surface area (Å²) in [6, 6.07) is 10.7. The third-order valence-corrected chi connectivity index (χ3v) is 4.70. The maximum absolute atomic E-state index is 13.6. The molecule has 2 aromatic carbocycles. The summed E-state index contributed by atoms with van der Waals surface area (Å²) in [4.78, 5) is 12.3. The molecule has 1 heterocycles. The summed E-state index contributed by atoms with van der Waals surface area (Å²) in [5, 5.41) is 6.16. The fourth-order valence-electron chi connectivity index (χ4n) is 3.35. The lowest BCUT2D eigenvalue weighted by Crippen LogP contribution is -2.51. The van der Waals surface area contributed by atoms with Crippen molar-refractivity contribution in [3.8, 4) is 11.5 Å². The average molecular weight is 427 g/mol. The van der Waals surface area contributed by atoms with Crippen molar-refractivity contribution in [2.75, 3.05) is 26.3 Å². The second-order valence-corrected chi connectivity index (χ2v) is 6.64. The Bertz CT molecular complexity index is 805. The van der Waals surface area contributed by atoms with Crippen molar-refractivity contribution in [1.29, 1.82) is 0 Å². The SMILES string of the molecule is CCOc1ccc(OCC(=O)NC2CNCCC2c2ccc(F)c(F)c2)cc1.Cl. The summed E-state index contributed by atoms with van der Waals surface area (Å²) in [6.45, 7) is 3.66. The molecule has 3 rings (SSSR count). The van der Waals surface area contributed by atoms with Crippen molar-refractivity contribution in [2.24, 2.45) is 0 Å². The van der Waals surface area contributed by atoms with Crippen molar-refractivity contribution in [1.82, 2.24) is 10.6 Å². The van der Waals surface area contributed by atoms with E-state index in [9.17, 15) is 13.6 Å². The quantitative estimate of drug-likeness (QED) is 0.712. The molecule has 2 N–H and O–H groups in total. The lowest BCUT2D eigenvalue weighted by Gasteiger charge is -2.33. The Morgan fingerprint density at radius 2 is 1.79 bits per heavy atom. The first-order chi connectivity index (χ1) is 13.6. The molecule has 1 aliphatic heterocycles. The Kier molecular flexibility index (Phi) is 8.67. The van der Waals surface area contributed by atoms with Crippen molar-refractivity contribution in [3.63, 3.8) is 0 Å². The van der Waals surface area contributed by atoms with Crippen LogP contribution in [0.15, 0.2) is 42.5 Å². The number of ether oxygens (including phenoxy) is 2. The molecule has 1 fully saturated rings. The van der Waals surface area contributed by atoms with E-state index in [0.29, 0.717) is 24.5 Å². The van der Waals surface area contributed by atoms with Gasteiger partial charge in [0.25, 0.3) is 5.91 Å². The number of halogens is 3. The number of amides is 1. The molecule has 158 valence electrons. The molecule has 1 saturated heterocycles. The van der Waals surface area contributed by atoms with Gasteiger partial charge in [-0.15, -0.1) is 12.4 Å².